The van der Waals surface area contributed by atoms with E-state index >= 15 is 0 Å². The summed E-state index contributed by atoms with van der Waals surface area (Å²) < 4.78 is 39.0. The maximum absolute atomic E-state index is 9.75. The highest BCUT2D eigenvalue weighted by molar-refractivity contribution is 6.50. The van der Waals surface area contributed by atoms with E-state index in [-0.39, 0.29) is 0 Å². The Hall–Kier alpha value is -1.27. The van der Waals surface area contributed by atoms with Gasteiger partial charge in [0.1, 0.15) is 0 Å². The molecule has 0 atom stereocenters. The van der Waals surface area contributed by atoms with Gasteiger partial charge in [-0.15, -0.1) is 0 Å². The van der Waals surface area contributed by atoms with Crippen molar-refractivity contribution >= 4 is 12.9 Å². The van der Waals surface area contributed by atoms with Crippen molar-refractivity contribution in [2.24, 2.45) is 0 Å². The van der Waals surface area contributed by atoms with Gasteiger partial charge in [-0.1, -0.05) is 0 Å². The lowest BCUT2D eigenvalue weighted by atomic mass is 10.3. The van der Waals surface area contributed by atoms with Crippen molar-refractivity contribution in [3.8, 4) is 0 Å². The number of hydrogen-bond acceptors (Lipinski definition) is 1. The molecule has 2 nitrogen and oxygen atoms in total. The van der Waals surface area contributed by atoms with Gasteiger partial charge in [0, 0.05) is 31.9 Å². The van der Waals surface area contributed by atoms with Crippen LogP contribution in [0, 0.1) is 0 Å². The van der Waals surface area contributed by atoms with Crippen LogP contribution in [-0.4, -0.2) is 21.3 Å². The Morgan fingerprint density at radius 3 is 1.64 bits per heavy atom. The van der Waals surface area contributed by atoms with Crippen LogP contribution in [0.2, 0.25) is 0 Å². The van der Waals surface area contributed by atoms with Gasteiger partial charge in [-0.3, -0.25) is 0 Å². The molecule has 1 N–H and O–H groups in total. The molecule has 14 heavy (non-hydrogen) atoms. The Labute approximate surface area is 79.7 Å². The molecule has 1 rings (SSSR count). The summed E-state index contributed by atoms with van der Waals surface area (Å²) in [7, 11) is -1.95. The van der Waals surface area contributed by atoms with E-state index < -0.39 is 7.25 Å². The lowest BCUT2D eigenvalue weighted by Crippen LogP contribution is -2.10. The van der Waals surface area contributed by atoms with Crippen molar-refractivity contribution in [1.29, 1.82) is 0 Å². The molecular weight excluding hydrogens is 199 g/mol. The van der Waals surface area contributed by atoms with Crippen molar-refractivity contribution in [3.63, 3.8) is 0 Å². The largest absolute Gasteiger partial charge is 0.673 e. The zero-order valence-electron chi connectivity index (χ0n) is 7.85. The summed E-state index contributed by atoms with van der Waals surface area (Å²) >= 11 is 0. The van der Waals surface area contributed by atoms with Crippen LogP contribution >= 0.6 is 0 Å². The SMILES string of the molecule is CN(C)c1cc[nH+]cc1.F[B-](F)(F)F. The van der Waals surface area contributed by atoms with Crippen molar-refractivity contribution in [3.05, 3.63) is 24.5 Å². The summed E-state index contributed by atoms with van der Waals surface area (Å²) in [6.45, 7) is 0. The van der Waals surface area contributed by atoms with E-state index in [1.54, 1.807) is 0 Å². The van der Waals surface area contributed by atoms with Gasteiger partial charge in [0.2, 0.25) is 0 Å². The predicted molar refractivity (Wildman–Crippen MR) is 47.5 cm³/mol. The maximum Gasteiger partial charge on any atom is 0.673 e. The van der Waals surface area contributed by atoms with E-state index in [0.717, 1.165) is 0 Å². The maximum atomic E-state index is 9.75. The number of nitrogens with zero attached hydrogens (tertiary/aromatic N) is 1. The number of H-pyrrole nitrogens is 1. The summed E-state index contributed by atoms with van der Waals surface area (Å²) in [4.78, 5) is 5.02. The number of aromatic nitrogens is 1. The smallest absolute Gasteiger partial charge is 0.418 e. The molecule has 0 saturated heterocycles. The Morgan fingerprint density at radius 1 is 1.07 bits per heavy atom. The minimum absolute atomic E-state index is 1.22. The number of halogens is 4. The molecule has 1 heterocycles. The quantitative estimate of drug-likeness (QED) is 0.510. The normalized spacial score (nSPS) is 10.1. The highest BCUT2D eigenvalue weighted by atomic mass is 19.5. The first-order valence-corrected chi connectivity index (χ1v) is 3.81. The van der Waals surface area contributed by atoms with Gasteiger partial charge in [0.15, 0.2) is 12.4 Å². The third-order valence-corrected chi connectivity index (χ3v) is 1.22. The number of aromatic amines is 1. The lowest BCUT2D eigenvalue weighted by Gasteiger charge is -2.08. The Bertz CT molecular complexity index is 244. The fourth-order valence-corrected chi connectivity index (χ4v) is 0.676. The third-order valence-electron chi connectivity index (χ3n) is 1.22. The fraction of sp³-hybridized carbons (Fsp3) is 0.286. The van der Waals surface area contributed by atoms with Crippen LogP contribution in [0.25, 0.3) is 0 Å². The molecule has 0 spiro atoms. The number of anilines is 1. The van der Waals surface area contributed by atoms with E-state index in [9.17, 15) is 17.3 Å². The minimum atomic E-state index is -6.00. The minimum Gasteiger partial charge on any atom is -0.418 e. The second-order valence-corrected chi connectivity index (χ2v) is 2.65. The van der Waals surface area contributed by atoms with Crippen LogP contribution < -0.4 is 9.88 Å². The molecule has 0 amide bonds. The first kappa shape index (κ1) is 12.7. The molecule has 0 radical (unpaired) electrons. The third kappa shape index (κ3) is 8.83. The molecule has 0 aliphatic carbocycles. The fourth-order valence-electron chi connectivity index (χ4n) is 0.676. The monoisotopic (exact) mass is 210 g/mol. The van der Waals surface area contributed by atoms with Crippen LogP contribution in [0.15, 0.2) is 24.5 Å². The highest BCUT2D eigenvalue weighted by Gasteiger charge is 2.20. The zero-order chi connectivity index (χ0) is 11.2. The number of hydrogen-bond donors (Lipinski definition) is 0. The van der Waals surface area contributed by atoms with Gasteiger partial charge in [-0.25, -0.2) is 4.98 Å². The molecule has 0 bridgehead atoms. The van der Waals surface area contributed by atoms with Crippen molar-refractivity contribution in [1.82, 2.24) is 0 Å². The van der Waals surface area contributed by atoms with Gasteiger partial charge >= 0.3 is 7.25 Å². The first-order valence-electron chi connectivity index (χ1n) is 3.81. The highest BCUT2D eigenvalue weighted by Crippen LogP contribution is 2.06. The summed E-state index contributed by atoms with van der Waals surface area (Å²) in [5.41, 5.74) is 1.22. The van der Waals surface area contributed by atoms with Crippen molar-refractivity contribution in [2.45, 2.75) is 0 Å². The van der Waals surface area contributed by atoms with Crippen LogP contribution in [-0.2, 0) is 0 Å². The zero-order valence-corrected chi connectivity index (χ0v) is 7.85. The van der Waals surface area contributed by atoms with Crippen LogP contribution in [0.5, 0.6) is 0 Å². The molecule has 1 aromatic rings. The molecule has 0 aromatic carbocycles. The van der Waals surface area contributed by atoms with E-state index in [0.29, 0.717) is 0 Å². The van der Waals surface area contributed by atoms with E-state index in [1.807, 2.05) is 38.6 Å². The molecule has 0 aliphatic heterocycles. The first-order chi connectivity index (χ1) is 6.30. The van der Waals surface area contributed by atoms with Crippen LogP contribution in [0.4, 0.5) is 23.0 Å². The summed E-state index contributed by atoms with van der Waals surface area (Å²) in [5, 5.41) is 0. The molecule has 0 saturated carbocycles. The number of pyridine rings is 1. The summed E-state index contributed by atoms with van der Waals surface area (Å²) in [6.07, 6.45) is 3.82. The summed E-state index contributed by atoms with van der Waals surface area (Å²) in [6, 6.07) is 4.06. The van der Waals surface area contributed by atoms with E-state index in [1.165, 1.54) is 5.69 Å². The molecule has 1 aromatic heterocycles. The Balaban J connectivity index is 0.000000292. The second-order valence-electron chi connectivity index (χ2n) is 2.65. The van der Waals surface area contributed by atoms with E-state index in [4.69, 9.17) is 0 Å². The van der Waals surface area contributed by atoms with Gasteiger partial charge in [-0.2, -0.15) is 0 Å². The van der Waals surface area contributed by atoms with Crippen LogP contribution in [0.3, 0.4) is 0 Å². The average molecular weight is 210 g/mol. The van der Waals surface area contributed by atoms with Gasteiger partial charge in [-0.05, 0) is 0 Å². The predicted octanol–water partition coefficient (Wildman–Crippen LogP) is 1.87. The molecule has 80 valence electrons. The second kappa shape index (κ2) is 5.46. The molecule has 0 aliphatic rings. The van der Waals surface area contributed by atoms with Gasteiger partial charge in [0.25, 0.3) is 0 Å². The average Bonchev–Trinajstić information content (AvgIpc) is 2.03. The Morgan fingerprint density at radius 2 is 1.43 bits per heavy atom. The molecular formula is C7H11BF4N2. The Kier molecular flexibility index (Phi) is 4.97. The van der Waals surface area contributed by atoms with Crippen LogP contribution in [0.1, 0.15) is 0 Å². The van der Waals surface area contributed by atoms with Crippen molar-refractivity contribution < 1.29 is 22.2 Å². The standard InChI is InChI=1S/C7H10N2.BF4/c1-9(2)7-3-5-8-6-4-7;2-1(3,4)5/h3-6H,1-2H3;/q;-1/p+1. The number of nitrogens with one attached hydrogen (secondary N) is 1. The lowest BCUT2D eigenvalue weighted by molar-refractivity contribution is -0.377. The summed E-state index contributed by atoms with van der Waals surface area (Å²) in [5.74, 6) is 0. The van der Waals surface area contributed by atoms with E-state index in [2.05, 4.69) is 9.88 Å². The van der Waals surface area contributed by atoms with Crippen molar-refractivity contribution in [2.75, 3.05) is 19.0 Å². The molecule has 7 heteroatoms. The molecule has 0 fully saturated rings. The number of rotatable bonds is 1. The topological polar surface area (TPSA) is 17.4 Å². The molecule has 0 unspecified atom stereocenters. The van der Waals surface area contributed by atoms with Gasteiger partial charge < -0.3 is 22.2 Å². The van der Waals surface area contributed by atoms with Gasteiger partial charge in [0.05, 0.1) is 0 Å².